The van der Waals surface area contributed by atoms with Crippen molar-refractivity contribution in [1.29, 1.82) is 0 Å². The first-order chi connectivity index (χ1) is 13.5. The van der Waals surface area contributed by atoms with Gasteiger partial charge in [0.05, 0.1) is 38.2 Å². The van der Waals surface area contributed by atoms with Gasteiger partial charge in [-0.1, -0.05) is 0 Å². The number of fused-ring (bicyclic) bond motifs is 1. The molecule has 0 N–H and O–H groups in total. The number of likely N-dealkylation sites (N-methyl/N-ethyl adjacent to an activating group) is 1. The SMILES string of the molecule is COCCN(C)Cc1cc2n(n1)CCN(C(=O)C1CCCCN1C(=O)OC)C2. The highest BCUT2D eigenvalue weighted by atomic mass is 16.5. The fraction of sp³-hybridized carbons (Fsp3) is 0.737. The maximum Gasteiger partial charge on any atom is 0.410 e. The van der Waals surface area contributed by atoms with Crippen LogP contribution < -0.4 is 0 Å². The van der Waals surface area contributed by atoms with Gasteiger partial charge in [-0.05, 0) is 32.4 Å². The van der Waals surface area contributed by atoms with E-state index in [1.807, 2.05) is 16.6 Å². The summed E-state index contributed by atoms with van der Waals surface area (Å²) in [5.74, 6) is 0.0105. The van der Waals surface area contributed by atoms with Crippen molar-refractivity contribution in [3.8, 4) is 0 Å². The van der Waals surface area contributed by atoms with Gasteiger partial charge in [0.15, 0.2) is 0 Å². The van der Waals surface area contributed by atoms with Crippen LogP contribution in [0.1, 0.15) is 30.7 Å². The molecule has 28 heavy (non-hydrogen) atoms. The van der Waals surface area contributed by atoms with Gasteiger partial charge in [0.2, 0.25) is 5.91 Å². The summed E-state index contributed by atoms with van der Waals surface area (Å²) in [4.78, 5) is 30.8. The minimum Gasteiger partial charge on any atom is -0.453 e. The molecule has 0 bridgehead atoms. The van der Waals surface area contributed by atoms with Crippen molar-refractivity contribution in [2.24, 2.45) is 0 Å². The molecule has 1 aromatic rings. The van der Waals surface area contributed by atoms with Crippen LogP contribution in [0.2, 0.25) is 0 Å². The van der Waals surface area contributed by atoms with Crippen LogP contribution in [-0.2, 0) is 33.9 Å². The van der Waals surface area contributed by atoms with Crippen LogP contribution >= 0.6 is 0 Å². The molecule has 2 amide bonds. The Bertz CT molecular complexity index is 692. The number of carbonyl (C=O) groups is 2. The third kappa shape index (κ3) is 4.64. The van der Waals surface area contributed by atoms with Crippen molar-refractivity contribution in [3.63, 3.8) is 0 Å². The number of amides is 2. The van der Waals surface area contributed by atoms with Crippen molar-refractivity contribution in [2.75, 3.05) is 47.5 Å². The number of nitrogens with zero attached hydrogens (tertiary/aromatic N) is 5. The summed E-state index contributed by atoms with van der Waals surface area (Å²) in [6.45, 7) is 4.66. The maximum atomic E-state index is 13.1. The van der Waals surface area contributed by atoms with E-state index in [1.165, 1.54) is 7.11 Å². The van der Waals surface area contributed by atoms with E-state index in [1.54, 1.807) is 12.0 Å². The molecule has 9 heteroatoms. The molecule has 1 unspecified atom stereocenters. The quantitative estimate of drug-likeness (QED) is 0.715. The van der Waals surface area contributed by atoms with Gasteiger partial charge >= 0.3 is 6.09 Å². The summed E-state index contributed by atoms with van der Waals surface area (Å²) in [6.07, 6.45) is 2.14. The Kier molecular flexibility index (Phi) is 6.90. The van der Waals surface area contributed by atoms with E-state index in [0.717, 1.165) is 37.3 Å². The molecule has 3 heterocycles. The number of hydrogen-bond donors (Lipinski definition) is 0. The van der Waals surface area contributed by atoms with Gasteiger partial charge in [0, 0.05) is 33.3 Å². The number of hydrogen-bond acceptors (Lipinski definition) is 6. The lowest BCUT2D eigenvalue weighted by Gasteiger charge is -2.37. The third-order valence-electron chi connectivity index (χ3n) is 5.47. The van der Waals surface area contributed by atoms with E-state index >= 15 is 0 Å². The Morgan fingerprint density at radius 1 is 1.25 bits per heavy atom. The number of carbonyl (C=O) groups excluding carboxylic acids is 2. The summed E-state index contributed by atoms with van der Waals surface area (Å²) in [7, 11) is 5.10. The number of rotatable bonds is 6. The number of ether oxygens (including phenoxy) is 2. The van der Waals surface area contributed by atoms with E-state index in [2.05, 4.69) is 16.1 Å². The lowest BCUT2D eigenvalue weighted by Crippen LogP contribution is -2.54. The lowest BCUT2D eigenvalue weighted by molar-refractivity contribution is -0.139. The summed E-state index contributed by atoms with van der Waals surface area (Å²) in [5.41, 5.74) is 2.03. The zero-order valence-electron chi connectivity index (χ0n) is 17.1. The summed E-state index contributed by atoms with van der Waals surface area (Å²) >= 11 is 0. The zero-order chi connectivity index (χ0) is 20.1. The van der Waals surface area contributed by atoms with E-state index in [4.69, 9.17) is 9.47 Å². The first-order valence-corrected chi connectivity index (χ1v) is 9.90. The molecule has 2 aliphatic heterocycles. The smallest absolute Gasteiger partial charge is 0.410 e. The van der Waals surface area contributed by atoms with Crippen LogP contribution in [0, 0.1) is 0 Å². The molecule has 0 aromatic carbocycles. The van der Waals surface area contributed by atoms with Gasteiger partial charge in [0.1, 0.15) is 6.04 Å². The largest absolute Gasteiger partial charge is 0.453 e. The topological polar surface area (TPSA) is 80.1 Å². The predicted molar refractivity (Wildman–Crippen MR) is 103 cm³/mol. The second-order valence-electron chi connectivity index (χ2n) is 7.52. The van der Waals surface area contributed by atoms with Crippen LogP contribution in [0.5, 0.6) is 0 Å². The average Bonchev–Trinajstić information content (AvgIpc) is 3.12. The van der Waals surface area contributed by atoms with E-state index in [-0.39, 0.29) is 5.91 Å². The van der Waals surface area contributed by atoms with E-state index < -0.39 is 12.1 Å². The Morgan fingerprint density at radius 3 is 2.82 bits per heavy atom. The minimum absolute atomic E-state index is 0.0105. The van der Waals surface area contributed by atoms with Gasteiger partial charge in [0.25, 0.3) is 0 Å². The fourth-order valence-electron chi connectivity index (χ4n) is 3.93. The number of likely N-dealkylation sites (tertiary alicyclic amines) is 1. The van der Waals surface area contributed by atoms with Crippen molar-refractivity contribution in [2.45, 2.75) is 44.9 Å². The molecule has 2 aliphatic rings. The monoisotopic (exact) mass is 393 g/mol. The Hall–Kier alpha value is -2.13. The Labute approximate surface area is 166 Å². The Balaban J connectivity index is 1.64. The molecule has 3 rings (SSSR count). The number of methoxy groups -OCH3 is 2. The average molecular weight is 393 g/mol. The molecule has 1 fully saturated rings. The van der Waals surface area contributed by atoms with Crippen LogP contribution in [0.15, 0.2) is 6.07 Å². The Morgan fingerprint density at radius 2 is 2.07 bits per heavy atom. The number of aromatic nitrogens is 2. The summed E-state index contributed by atoms with van der Waals surface area (Å²) in [5, 5.41) is 4.67. The van der Waals surface area contributed by atoms with Crippen LogP contribution in [-0.4, -0.2) is 90.0 Å². The molecular weight excluding hydrogens is 362 g/mol. The standard InChI is InChI=1S/C19H31N5O4/c1-21(10-11-27-2)13-15-12-16-14-22(8-9-24(16)20-15)18(25)17-6-4-5-7-23(17)19(26)28-3/h12,17H,4-11,13-14H2,1-3H3. The molecule has 9 nitrogen and oxygen atoms in total. The molecule has 1 atom stereocenters. The van der Waals surface area contributed by atoms with Crippen molar-refractivity contribution in [3.05, 3.63) is 17.5 Å². The molecule has 1 saturated heterocycles. The first-order valence-electron chi connectivity index (χ1n) is 9.90. The highest BCUT2D eigenvalue weighted by Crippen LogP contribution is 2.22. The third-order valence-corrected chi connectivity index (χ3v) is 5.47. The highest BCUT2D eigenvalue weighted by Gasteiger charge is 2.36. The molecule has 0 aliphatic carbocycles. The molecule has 156 valence electrons. The maximum absolute atomic E-state index is 13.1. The summed E-state index contributed by atoms with van der Waals surface area (Å²) in [6, 6.07) is 1.65. The van der Waals surface area contributed by atoms with E-state index in [9.17, 15) is 9.59 Å². The van der Waals surface area contributed by atoms with Gasteiger partial charge in [-0.25, -0.2) is 4.79 Å². The second kappa shape index (κ2) is 9.38. The second-order valence-corrected chi connectivity index (χ2v) is 7.52. The van der Waals surface area contributed by atoms with Gasteiger partial charge in [-0.2, -0.15) is 5.10 Å². The van der Waals surface area contributed by atoms with Crippen molar-refractivity contribution >= 4 is 12.0 Å². The minimum atomic E-state index is -0.421. The molecule has 0 radical (unpaired) electrons. The zero-order valence-corrected chi connectivity index (χ0v) is 17.1. The normalized spacial score (nSPS) is 19.6. The lowest BCUT2D eigenvalue weighted by atomic mass is 10.0. The van der Waals surface area contributed by atoms with Crippen LogP contribution in [0.25, 0.3) is 0 Å². The molecular formula is C19H31N5O4. The molecule has 0 spiro atoms. The van der Waals surface area contributed by atoms with E-state index in [0.29, 0.717) is 39.2 Å². The van der Waals surface area contributed by atoms with Crippen molar-refractivity contribution < 1.29 is 19.1 Å². The van der Waals surface area contributed by atoms with Crippen molar-refractivity contribution in [1.82, 2.24) is 24.5 Å². The van der Waals surface area contributed by atoms with Gasteiger partial charge in [-0.3, -0.25) is 19.3 Å². The highest BCUT2D eigenvalue weighted by molar-refractivity contribution is 5.86. The van der Waals surface area contributed by atoms with Gasteiger partial charge in [-0.15, -0.1) is 0 Å². The van der Waals surface area contributed by atoms with Crippen LogP contribution in [0.4, 0.5) is 4.79 Å². The fourth-order valence-corrected chi connectivity index (χ4v) is 3.93. The summed E-state index contributed by atoms with van der Waals surface area (Å²) < 4.78 is 12.0. The molecule has 1 aromatic heterocycles. The van der Waals surface area contributed by atoms with Gasteiger partial charge < -0.3 is 14.4 Å². The molecule has 0 saturated carbocycles. The predicted octanol–water partition coefficient (Wildman–Crippen LogP) is 0.924. The first kappa shape index (κ1) is 20.6. The van der Waals surface area contributed by atoms with Crippen LogP contribution in [0.3, 0.4) is 0 Å². The number of piperidine rings is 1.